The van der Waals surface area contributed by atoms with Gasteiger partial charge in [0.25, 0.3) is 0 Å². The summed E-state index contributed by atoms with van der Waals surface area (Å²) >= 11 is 0. The minimum Gasteiger partial charge on any atom is -1.00 e. The Kier molecular flexibility index (Phi) is 16.8. The van der Waals surface area contributed by atoms with Crippen molar-refractivity contribution in [3.8, 4) is 0 Å². The molecule has 0 bridgehead atoms. The molecule has 0 aromatic heterocycles. The van der Waals surface area contributed by atoms with Gasteiger partial charge in [0, 0.05) is 19.0 Å². The molecule has 8 N–H and O–H groups in total. The van der Waals surface area contributed by atoms with E-state index in [1.54, 1.807) is 27.7 Å². The van der Waals surface area contributed by atoms with Crippen LogP contribution in [0.2, 0.25) is 0 Å². The van der Waals surface area contributed by atoms with Crippen LogP contribution in [0.25, 0.3) is 0 Å². The van der Waals surface area contributed by atoms with Crippen molar-refractivity contribution in [1.29, 1.82) is 0 Å². The van der Waals surface area contributed by atoms with Gasteiger partial charge in [-0.3, -0.25) is 30.8 Å². The van der Waals surface area contributed by atoms with Crippen molar-refractivity contribution in [3.63, 3.8) is 0 Å². The highest BCUT2D eigenvalue weighted by Crippen LogP contribution is 2.21. The van der Waals surface area contributed by atoms with Gasteiger partial charge in [0.2, 0.25) is 21.8 Å². The average molecular weight is 690 g/mol. The zero-order valence-corrected chi connectivity index (χ0v) is 28.4. The maximum Gasteiger partial charge on any atom is 0.408 e. The van der Waals surface area contributed by atoms with Crippen LogP contribution < -0.4 is 44.2 Å². The second kappa shape index (κ2) is 19.1. The maximum atomic E-state index is 13.8. The Hall–Kier alpha value is -3.63. The van der Waals surface area contributed by atoms with Gasteiger partial charge >= 0.3 is 18.0 Å². The maximum absolute atomic E-state index is 13.8. The molecule has 3 amide bonds. The molecule has 1 saturated heterocycles. The molecule has 46 heavy (non-hydrogen) atoms. The number of amides is 3. The number of nitrogens with one attached hydrogen (secondary N) is 4. The molecule has 260 valence electrons. The summed E-state index contributed by atoms with van der Waals surface area (Å²) in [6.45, 7) is 6.90. The number of esters is 1. The standard InChI is InChI=1S/C29H47N7O8S.ClH/c1-5-43-24(37)18-33-45(41,42)19-21(13-9-15-32-27(30)31)34-25(38)23-14-10-16-36(23)26(39)22(17-20-11-7-6-8-12-20)35-28(40)44-29(2,3)4;/h6-8,11-12,21-23,33H,5,9-10,13-19H2,1-4H3,(H,34,38)(H,35,40)(H4,30,31,32);1H/t21-,22+,23-;/m0./s1. The number of nitrogens with two attached hydrogens (primary N) is 2. The van der Waals surface area contributed by atoms with Gasteiger partial charge in [0.15, 0.2) is 0 Å². The Bertz CT molecular complexity index is 1290. The van der Waals surface area contributed by atoms with E-state index in [2.05, 4.69) is 20.3 Å². The number of carbonyl (C=O) groups is 4. The van der Waals surface area contributed by atoms with Crippen LogP contribution in [0.15, 0.2) is 30.3 Å². The van der Waals surface area contributed by atoms with Gasteiger partial charge in [-0.15, -0.1) is 0 Å². The van der Waals surface area contributed by atoms with E-state index in [4.69, 9.17) is 20.9 Å². The van der Waals surface area contributed by atoms with Gasteiger partial charge in [-0.2, -0.15) is 0 Å². The number of carbonyl (C=O) groups excluding carboxylic acids is 4. The second-order valence-corrected chi connectivity index (χ2v) is 13.6. The molecule has 1 aromatic carbocycles. The van der Waals surface area contributed by atoms with E-state index in [0.717, 1.165) is 5.56 Å². The van der Waals surface area contributed by atoms with Crippen molar-refractivity contribution >= 4 is 39.9 Å². The molecule has 1 fully saturated rings. The molecule has 1 aliphatic heterocycles. The van der Waals surface area contributed by atoms with Crippen molar-refractivity contribution in [2.75, 3.05) is 32.0 Å². The number of halogens is 1. The van der Waals surface area contributed by atoms with Crippen molar-refractivity contribution in [2.24, 2.45) is 11.5 Å². The molecule has 15 nitrogen and oxygen atoms in total. The Morgan fingerprint density at radius 2 is 1.78 bits per heavy atom. The van der Waals surface area contributed by atoms with Crippen LogP contribution in [0.4, 0.5) is 4.79 Å². The SMILES string of the molecule is CCOC(=O)CNS(=O)(=O)C[C@H](CCC[NH+]=C(N)N)NC(=O)[C@@H]1CCCN1C(=O)[C@@H](Cc1ccccc1)NC(=O)OC(C)(C)C.[Cl-]. The lowest BCUT2D eigenvalue weighted by Crippen LogP contribution is -3.00. The molecule has 1 aromatic rings. The molecule has 0 radical (unpaired) electrons. The van der Waals surface area contributed by atoms with E-state index in [0.29, 0.717) is 25.8 Å². The van der Waals surface area contributed by atoms with E-state index in [1.807, 2.05) is 30.3 Å². The molecule has 2 rings (SSSR count). The van der Waals surface area contributed by atoms with Crippen molar-refractivity contribution in [3.05, 3.63) is 35.9 Å². The van der Waals surface area contributed by atoms with E-state index < -0.39 is 69.9 Å². The first-order chi connectivity index (χ1) is 21.1. The van der Waals surface area contributed by atoms with Gasteiger partial charge in [0.05, 0.1) is 18.9 Å². The van der Waals surface area contributed by atoms with Crippen molar-refractivity contribution in [2.45, 2.75) is 83.5 Å². The third-order valence-corrected chi connectivity index (χ3v) is 8.10. The first-order valence-corrected chi connectivity index (χ1v) is 16.6. The fourth-order valence-electron chi connectivity index (χ4n) is 4.78. The fraction of sp³-hybridized carbons (Fsp3) is 0.621. The lowest BCUT2D eigenvalue weighted by Gasteiger charge is -2.30. The number of nitrogens with zero attached hydrogens (tertiary/aromatic N) is 1. The molecule has 0 aliphatic carbocycles. The Morgan fingerprint density at radius 1 is 1.11 bits per heavy atom. The third kappa shape index (κ3) is 15.1. The lowest BCUT2D eigenvalue weighted by molar-refractivity contribution is -0.459. The molecular weight excluding hydrogens is 642 g/mol. The number of hydrogen-bond acceptors (Lipinski definition) is 8. The van der Waals surface area contributed by atoms with Crippen molar-refractivity contribution < 1.29 is 54.5 Å². The van der Waals surface area contributed by atoms with Crippen LogP contribution in [-0.2, 0) is 40.3 Å². The first-order valence-electron chi connectivity index (χ1n) is 15.0. The smallest absolute Gasteiger partial charge is 0.408 e. The van der Waals surface area contributed by atoms with Crippen LogP contribution in [0.1, 0.15) is 58.9 Å². The number of rotatable bonds is 16. The number of alkyl carbamates (subject to hydrolysis) is 1. The van der Waals surface area contributed by atoms with E-state index in [9.17, 15) is 27.6 Å². The predicted molar refractivity (Wildman–Crippen MR) is 167 cm³/mol. The summed E-state index contributed by atoms with van der Waals surface area (Å²) in [6, 6.07) is 6.38. The first kappa shape index (κ1) is 40.4. The molecule has 0 saturated carbocycles. The van der Waals surface area contributed by atoms with E-state index in [-0.39, 0.29) is 44.4 Å². The Morgan fingerprint density at radius 3 is 2.39 bits per heavy atom. The summed E-state index contributed by atoms with van der Waals surface area (Å²) in [5, 5.41) is 5.45. The van der Waals surface area contributed by atoms with Crippen LogP contribution in [-0.4, -0.2) is 98.9 Å². The Labute approximate surface area is 277 Å². The summed E-state index contributed by atoms with van der Waals surface area (Å²) in [4.78, 5) is 55.9. The van der Waals surface area contributed by atoms with Gasteiger partial charge in [-0.05, 0) is 58.9 Å². The summed E-state index contributed by atoms with van der Waals surface area (Å²) < 4.78 is 37.9. The number of ether oxygens (including phenoxy) is 2. The van der Waals surface area contributed by atoms with Gasteiger partial charge < -0.3 is 37.4 Å². The number of likely N-dealkylation sites (tertiary alicyclic amines) is 1. The van der Waals surface area contributed by atoms with Crippen LogP contribution in [0.3, 0.4) is 0 Å². The second-order valence-electron chi connectivity index (χ2n) is 11.7. The fourth-order valence-corrected chi connectivity index (χ4v) is 6.02. The summed E-state index contributed by atoms with van der Waals surface area (Å²) in [7, 11) is -4.01. The van der Waals surface area contributed by atoms with E-state index >= 15 is 0 Å². The van der Waals surface area contributed by atoms with Crippen LogP contribution >= 0.6 is 0 Å². The highest BCUT2D eigenvalue weighted by Gasteiger charge is 2.39. The minimum absolute atomic E-state index is 0. The lowest BCUT2D eigenvalue weighted by atomic mass is 10.0. The summed E-state index contributed by atoms with van der Waals surface area (Å²) in [5.74, 6) is -2.23. The zero-order valence-electron chi connectivity index (χ0n) is 26.8. The topological polar surface area (TPSA) is 226 Å². The quantitative estimate of drug-likeness (QED) is 0.0420. The van der Waals surface area contributed by atoms with Crippen LogP contribution in [0.5, 0.6) is 0 Å². The third-order valence-electron chi connectivity index (χ3n) is 6.68. The normalized spacial score (nSPS) is 15.9. The largest absolute Gasteiger partial charge is 1.00 e. The van der Waals surface area contributed by atoms with Crippen molar-refractivity contribution in [1.82, 2.24) is 20.3 Å². The molecule has 1 heterocycles. The monoisotopic (exact) mass is 689 g/mol. The molecule has 17 heteroatoms. The number of guanidine groups is 1. The molecular formula is C29H48ClN7O8S. The number of hydrogen-bond donors (Lipinski definition) is 6. The van der Waals surface area contributed by atoms with Crippen LogP contribution in [0, 0.1) is 0 Å². The highest BCUT2D eigenvalue weighted by molar-refractivity contribution is 7.89. The minimum atomic E-state index is -4.01. The molecule has 3 atom stereocenters. The Balaban J connectivity index is 0.0000106. The molecule has 0 spiro atoms. The van der Waals surface area contributed by atoms with Gasteiger partial charge in [0.1, 0.15) is 24.2 Å². The predicted octanol–water partition coefficient (Wildman–Crippen LogP) is -4.78. The molecule has 0 unspecified atom stereocenters. The van der Waals surface area contributed by atoms with E-state index in [1.165, 1.54) is 4.90 Å². The number of benzene rings is 1. The van der Waals surface area contributed by atoms with Gasteiger partial charge in [-0.25, -0.2) is 17.9 Å². The zero-order chi connectivity index (χ0) is 33.6. The summed E-state index contributed by atoms with van der Waals surface area (Å²) in [5.41, 5.74) is 10.9. The molecule has 1 aliphatic rings. The number of sulfonamides is 1. The average Bonchev–Trinajstić information content (AvgIpc) is 3.43. The van der Waals surface area contributed by atoms with Gasteiger partial charge in [-0.1, -0.05) is 30.3 Å². The highest BCUT2D eigenvalue weighted by atomic mass is 35.5. The summed E-state index contributed by atoms with van der Waals surface area (Å²) in [6.07, 6.45) is 0.926.